The van der Waals surface area contributed by atoms with Crippen LogP contribution in [0.5, 0.6) is 5.75 Å². The van der Waals surface area contributed by atoms with Gasteiger partial charge in [-0.05, 0) is 55.9 Å². The first-order chi connectivity index (χ1) is 10.1. The summed E-state index contributed by atoms with van der Waals surface area (Å²) >= 11 is 3.56. The summed E-state index contributed by atoms with van der Waals surface area (Å²) in [6, 6.07) is 14.7. The summed E-state index contributed by atoms with van der Waals surface area (Å²) in [6.07, 6.45) is 0. The molecule has 0 radical (unpaired) electrons. The largest absolute Gasteiger partial charge is 0.497 e. The Labute approximate surface area is 135 Å². The van der Waals surface area contributed by atoms with Crippen molar-refractivity contribution in [1.29, 1.82) is 0 Å². The van der Waals surface area contributed by atoms with Gasteiger partial charge in [-0.1, -0.05) is 22.0 Å². The summed E-state index contributed by atoms with van der Waals surface area (Å²) in [4.78, 5) is 2.19. The molecule has 0 aliphatic rings. The minimum atomic E-state index is 0.286. The summed E-state index contributed by atoms with van der Waals surface area (Å²) in [5.74, 6) is 0.866. The van der Waals surface area contributed by atoms with Gasteiger partial charge in [0.05, 0.1) is 7.11 Å². The van der Waals surface area contributed by atoms with E-state index >= 15 is 0 Å². The number of hydrogen-bond acceptors (Lipinski definition) is 3. The monoisotopic (exact) mass is 348 g/mol. The van der Waals surface area contributed by atoms with E-state index < -0.39 is 0 Å². The maximum absolute atomic E-state index is 5.22. The van der Waals surface area contributed by atoms with E-state index in [-0.39, 0.29) is 6.04 Å². The summed E-state index contributed by atoms with van der Waals surface area (Å²) < 4.78 is 6.29. The van der Waals surface area contributed by atoms with Gasteiger partial charge in [0.2, 0.25) is 0 Å². The summed E-state index contributed by atoms with van der Waals surface area (Å²) in [7, 11) is 5.74. The molecule has 1 N–H and O–H groups in total. The number of hydrogen-bond donors (Lipinski definition) is 1. The molecule has 3 nitrogen and oxygen atoms in total. The first kappa shape index (κ1) is 15.9. The lowest BCUT2D eigenvalue weighted by molar-refractivity contribution is 0.415. The van der Waals surface area contributed by atoms with Crippen LogP contribution in [0.3, 0.4) is 0 Å². The predicted octanol–water partition coefficient (Wildman–Crippen LogP) is 4.51. The van der Waals surface area contributed by atoms with Gasteiger partial charge in [-0.2, -0.15) is 0 Å². The molecule has 21 heavy (non-hydrogen) atoms. The van der Waals surface area contributed by atoms with Crippen molar-refractivity contribution in [3.63, 3.8) is 0 Å². The van der Waals surface area contributed by atoms with Crippen LogP contribution in [0.1, 0.15) is 18.5 Å². The molecule has 2 aromatic rings. The highest BCUT2D eigenvalue weighted by atomic mass is 79.9. The molecular weight excluding hydrogens is 328 g/mol. The van der Waals surface area contributed by atoms with E-state index in [4.69, 9.17) is 4.74 Å². The molecule has 4 heteroatoms. The van der Waals surface area contributed by atoms with Gasteiger partial charge in [0.25, 0.3) is 0 Å². The summed E-state index contributed by atoms with van der Waals surface area (Å²) in [5.41, 5.74) is 3.56. The third kappa shape index (κ3) is 3.57. The van der Waals surface area contributed by atoms with E-state index in [0.29, 0.717) is 0 Å². The predicted molar refractivity (Wildman–Crippen MR) is 92.7 cm³/mol. The lowest BCUT2D eigenvalue weighted by Crippen LogP contribution is -2.18. The molecule has 1 atom stereocenters. The number of anilines is 2. The van der Waals surface area contributed by atoms with Gasteiger partial charge in [-0.15, -0.1) is 0 Å². The number of ether oxygens (including phenoxy) is 1. The van der Waals surface area contributed by atoms with E-state index in [0.717, 1.165) is 15.9 Å². The molecule has 2 rings (SSSR count). The molecule has 0 aliphatic heterocycles. The Balaban J connectivity index is 2.40. The van der Waals surface area contributed by atoms with Gasteiger partial charge in [0, 0.05) is 28.9 Å². The highest BCUT2D eigenvalue weighted by Gasteiger charge is 2.14. The Morgan fingerprint density at radius 3 is 2.38 bits per heavy atom. The molecule has 112 valence electrons. The van der Waals surface area contributed by atoms with Gasteiger partial charge in [-0.3, -0.25) is 0 Å². The van der Waals surface area contributed by atoms with Gasteiger partial charge in [-0.25, -0.2) is 0 Å². The van der Waals surface area contributed by atoms with Gasteiger partial charge in [0.15, 0.2) is 0 Å². The van der Waals surface area contributed by atoms with Crippen LogP contribution < -0.4 is 15.0 Å². The quantitative estimate of drug-likeness (QED) is 0.860. The van der Waals surface area contributed by atoms with Crippen molar-refractivity contribution >= 4 is 27.3 Å². The van der Waals surface area contributed by atoms with Crippen molar-refractivity contribution in [3.8, 4) is 5.75 Å². The number of benzene rings is 2. The van der Waals surface area contributed by atoms with Crippen LogP contribution in [0.25, 0.3) is 0 Å². The van der Waals surface area contributed by atoms with Gasteiger partial charge < -0.3 is 15.0 Å². The molecule has 0 amide bonds. The molecule has 0 fully saturated rings. The van der Waals surface area contributed by atoms with Crippen LogP contribution in [0.15, 0.2) is 46.9 Å². The SMILES string of the molecule is CNC(C)c1ccc(Br)cc1N(C)c1ccc(OC)cc1. The van der Waals surface area contributed by atoms with E-state index in [1.165, 1.54) is 11.3 Å². The van der Waals surface area contributed by atoms with Crippen molar-refractivity contribution in [1.82, 2.24) is 5.32 Å². The second-order valence-corrected chi connectivity index (χ2v) is 5.89. The Kier molecular flexibility index (Phi) is 5.26. The molecule has 1 unspecified atom stereocenters. The minimum absolute atomic E-state index is 0.286. The normalized spacial score (nSPS) is 12.0. The van der Waals surface area contributed by atoms with Crippen molar-refractivity contribution in [2.24, 2.45) is 0 Å². The van der Waals surface area contributed by atoms with Crippen molar-refractivity contribution in [2.75, 3.05) is 26.1 Å². The zero-order chi connectivity index (χ0) is 15.4. The zero-order valence-corrected chi connectivity index (χ0v) is 14.4. The van der Waals surface area contributed by atoms with Crippen LogP contribution in [0, 0.1) is 0 Å². The molecule has 0 bridgehead atoms. The third-order valence-corrected chi connectivity index (χ3v) is 4.21. The third-order valence-electron chi connectivity index (χ3n) is 3.71. The average molecular weight is 349 g/mol. The molecule has 0 heterocycles. The molecular formula is C17H21BrN2O. The number of methoxy groups -OCH3 is 1. The molecule has 2 aromatic carbocycles. The van der Waals surface area contributed by atoms with Gasteiger partial charge in [0.1, 0.15) is 5.75 Å². The number of nitrogens with one attached hydrogen (secondary N) is 1. The van der Waals surface area contributed by atoms with Crippen molar-refractivity contribution in [3.05, 3.63) is 52.5 Å². The Morgan fingerprint density at radius 2 is 1.81 bits per heavy atom. The number of rotatable bonds is 5. The second kappa shape index (κ2) is 6.96. The van der Waals surface area contributed by atoms with Crippen LogP contribution in [-0.2, 0) is 0 Å². The fraction of sp³-hybridized carbons (Fsp3) is 0.294. The summed E-state index contributed by atoms with van der Waals surface area (Å²) in [5, 5.41) is 3.30. The molecule has 0 saturated carbocycles. The van der Waals surface area contributed by atoms with Crippen LogP contribution >= 0.6 is 15.9 Å². The summed E-state index contributed by atoms with van der Waals surface area (Å²) in [6.45, 7) is 2.16. The second-order valence-electron chi connectivity index (χ2n) is 4.97. The van der Waals surface area contributed by atoms with Gasteiger partial charge >= 0.3 is 0 Å². The Hall–Kier alpha value is -1.52. The lowest BCUT2D eigenvalue weighted by Gasteiger charge is -2.25. The molecule has 0 saturated heterocycles. The zero-order valence-electron chi connectivity index (χ0n) is 12.9. The van der Waals surface area contributed by atoms with E-state index in [2.05, 4.69) is 70.4 Å². The van der Waals surface area contributed by atoms with Crippen LogP contribution in [0.2, 0.25) is 0 Å². The fourth-order valence-corrected chi connectivity index (χ4v) is 2.62. The minimum Gasteiger partial charge on any atom is -0.497 e. The van der Waals surface area contributed by atoms with Crippen LogP contribution in [0.4, 0.5) is 11.4 Å². The molecule has 0 aliphatic carbocycles. The molecule has 0 spiro atoms. The lowest BCUT2D eigenvalue weighted by atomic mass is 10.0. The topological polar surface area (TPSA) is 24.5 Å². The van der Waals surface area contributed by atoms with Crippen molar-refractivity contribution in [2.45, 2.75) is 13.0 Å². The number of nitrogens with zero attached hydrogens (tertiary/aromatic N) is 1. The van der Waals surface area contributed by atoms with Crippen molar-refractivity contribution < 1.29 is 4.74 Å². The molecule has 0 aromatic heterocycles. The maximum Gasteiger partial charge on any atom is 0.119 e. The average Bonchev–Trinajstić information content (AvgIpc) is 2.53. The van der Waals surface area contributed by atoms with E-state index in [9.17, 15) is 0 Å². The first-order valence-corrected chi connectivity index (χ1v) is 7.70. The first-order valence-electron chi connectivity index (χ1n) is 6.91. The number of halogens is 1. The highest BCUT2D eigenvalue weighted by Crippen LogP contribution is 2.33. The standard InChI is InChI=1S/C17H21BrN2O/c1-12(19-2)16-10-5-13(18)11-17(16)20(3)14-6-8-15(21-4)9-7-14/h5-12,19H,1-4H3. The van der Waals surface area contributed by atoms with E-state index in [1.807, 2.05) is 19.2 Å². The van der Waals surface area contributed by atoms with Crippen LogP contribution in [-0.4, -0.2) is 21.2 Å². The fourth-order valence-electron chi connectivity index (χ4n) is 2.27. The maximum atomic E-state index is 5.22. The Bertz CT molecular complexity index is 598. The Morgan fingerprint density at radius 1 is 1.14 bits per heavy atom. The van der Waals surface area contributed by atoms with E-state index in [1.54, 1.807) is 7.11 Å². The smallest absolute Gasteiger partial charge is 0.119 e. The highest BCUT2D eigenvalue weighted by molar-refractivity contribution is 9.10.